The second-order valence-corrected chi connectivity index (χ2v) is 4.24. The molecular formula is C12H16FN5O2. The number of anilines is 1. The second-order valence-electron chi connectivity index (χ2n) is 4.24. The highest BCUT2D eigenvalue weighted by atomic mass is 19.1. The van der Waals surface area contributed by atoms with Crippen molar-refractivity contribution < 1.29 is 13.9 Å². The average molecular weight is 281 g/mol. The first-order valence-electron chi connectivity index (χ1n) is 6.15. The van der Waals surface area contributed by atoms with Crippen LogP contribution in [-0.2, 0) is 9.53 Å². The summed E-state index contributed by atoms with van der Waals surface area (Å²) in [5.41, 5.74) is 0.501. The zero-order chi connectivity index (χ0) is 14.5. The fourth-order valence-corrected chi connectivity index (χ4v) is 1.61. The van der Waals surface area contributed by atoms with E-state index in [-0.39, 0.29) is 11.9 Å². The van der Waals surface area contributed by atoms with Gasteiger partial charge in [-0.1, -0.05) is 0 Å². The van der Waals surface area contributed by atoms with E-state index in [9.17, 15) is 9.18 Å². The van der Waals surface area contributed by atoms with Crippen molar-refractivity contribution in [2.45, 2.75) is 13.0 Å². The number of amides is 1. The largest absolute Gasteiger partial charge is 0.383 e. The first kappa shape index (κ1) is 14.2. The first-order valence-corrected chi connectivity index (χ1v) is 6.15. The molecule has 0 fully saturated rings. The Hall–Kier alpha value is -2.22. The van der Waals surface area contributed by atoms with E-state index in [0.717, 1.165) is 0 Å². The van der Waals surface area contributed by atoms with Gasteiger partial charge in [-0.15, -0.1) is 5.10 Å². The van der Waals surface area contributed by atoms with Gasteiger partial charge in [-0.2, -0.15) is 4.98 Å². The molecule has 1 unspecified atom stereocenters. The third-order valence-electron chi connectivity index (χ3n) is 2.64. The van der Waals surface area contributed by atoms with Gasteiger partial charge in [-0.25, -0.2) is 8.91 Å². The molecule has 7 nitrogen and oxygen atoms in total. The van der Waals surface area contributed by atoms with Crippen molar-refractivity contribution in [3.8, 4) is 0 Å². The maximum atomic E-state index is 13.0. The van der Waals surface area contributed by atoms with Crippen molar-refractivity contribution in [3.05, 3.63) is 24.1 Å². The lowest BCUT2D eigenvalue weighted by Gasteiger charge is -2.12. The van der Waals surface area contributed by atoms with Crippen molar-refractivity contribution in [1.29, 1.82) is 0 Å². The topological polar surface area (TPSA) is 80.5 Å². The van der Waals surface area contributed by atoms with Crippen LogP contribution in [-0.4, -0.2) is 46.8 Å². The Morgan fingerprint density at radius 3 is 3.10 bits per heavy atom. The molecule has 0 aromatic carbocycles. The zero-order valence-corrected chi connectivity index (χ0v) is 11.3. The highest BCUT2D eigenvalue weighted by Gasteiger charge is 2.14. The highest BCUT2D eigenvalue weighted by Crippen LogP contribution is 2.07. The molecule has 1 atom stereocenters. The van der Waals surface area contributed by atoms with Gasteiger partial charge in [-0.3, -0.25) is 4.79 Å². The molecule has 2 aromatic heterocycles. The number of nitrogens with one attached hydrogen (secondary N) is 2. The summed E-state index contributed by atoms with van der Waals surface area (Å²) in [5, 5.41) is 9.60. The fraction of sp³-hybridized carbons (Fsp3) is 0.417. The van der Waals surface area contributed by atoms with Crippen LogP contribution in [0.5, 0.6) is 0 Å². The van der Waals surface area contributed by atoms with Crippen LogP contribution in [0.25, 0.3) is 5.65 Å². The summed E-state index contributed by atoms with van der Waals surface area (Å²) in [4.78, 5) is 15.9. The maximum absolute atomic E-state index is 13.0. The van der Waals surface area contributed by atoms with E-state index in [0.29, 0.717) is 18.8 Å². The van der Waals surface area contributed by atoms with Gasteiger partial charge < -0.3 is 15.4 Å². The SMILES string of the molecule is COCCNC(=O)C(C)Nc1nc2ccc(F)cn2n1. The number of aromatic nitrogens is 3. The molecular weight excluding hydrogens is 265 g/mol. The molecule has 108 valence electrons. The Morgan fingerprint density at radius 1 is 1.55 bits per heavy atom. The Bertz CT molecular complexity index is 601. The van der Waals surface area contributed by atoms with Gasteiger partial charge in [0.25, 0.3) is 0 Å². The van der Waals surface area contributed by atoms with Crippen molar-refractivity contribution in [2.24, 2.45) is 0 Å². The van der Waals surface area contributed by atoms with Crippen LogP contribution in [0.3, 0.4) is 0 Å². The number of hydrogen-bond donors (Lipinski definition) is 2. The average Bonchev–Trinajstić information content (AvgIpc) is 2.80. The van der Waals surface area contributed by atoms with E-state index in [2.05, 4.69) is 20.7 Å². The molecule has 2 rings (SSSR count). The van der Waals surface area contributed by atoms with Crippen molar-refractivity contribution in [1.82, 2.24) is 19.9 Å². The highest BCUT2D eigenvalue weighted by molar-refractivity contribution is 5.83. The molecule has 2 N–H and O–H groups in total. The molecule has 0 aliphatic carbocycles. The monoisotopic (exact) mass is 281 g/mol. The molecule has 8 heteroatoms. The molecule has 0 aliphatic rings. The number of ether oxygens (including phenoxy) is 1. The predicted octanol–water partition coefficient (Wildman–Crippen LogP) is 0.431. The van der Waals surface area contributed by atoms with Crippen LogP contribution >= 0.6 is 0 Å². The summed E-state index contributed by atoms with van der Waals surface area (Å²) in [6.07, 6.45) is 1.22. The van der Waals surface area contributed by atoms with Crippen LogP contribution in [0.1, 0.15) is 6.92 Å². The van der Waals surface area contributed by atoms with E-state index in [1.165, 1.54) is 22.8 Å². The smallest absolute Gasteiger partial charge is 0.243 e. The van der Waals surface area contributed by atoms with Crippen LogP contribution in [0.2, 0.25) is 0 Å². The van der Waals surface area contributed by atoms with Gasteiger partial charge >= 0.3 is 0 Å². The van der Waals surface area contributed by atoms with E-state index in [1.54, 1.807) is 14.0 Å². The van der Waals surface area contributed by atoms with Crippen LogP contribution in [0.15, 0.2) is 18.3 Å². The standard InChI is InChI=1S/C12H16FN5O2/c1-8(11(19)14-5-6-20-2)15-12-16-10-4-3-9(13)7-18(10)17-12/h3-4,7-8H,5-6H2,1-2H3,(H,14,19)(H,15,17). The number of hydrogen-bond acceptors (Lipinski definition) is 5. The minimum Gasteiger partial charge on any atom is -0.383 e. The van der Waals surface area contributed by atoms with E-state index < -0.39 is 11.9 Å². The van der Waals surface area contributed by atoms with Gasteiger partial charge in [-0.05, 0) is 19.1 Å². The maximum Gasteiger partial charge on any atom is 0.243 e. The minimum absolute atomic E-state index is 0.188. The van der Waals surface area contributed by atoms with Crippen LogP contribution in [0, 0.1) is 5.82 Å². The molecule has 0 aliphatic heterocycles. The lowest BCUT2D eigenvalue weighted by Crippen LogP contribution is -2.39. The number of halogens is 1. The molecule has 0 saturated carbocycles. The van der Waals surface area contributed by atoms with Gasteiger partial charge in [0.1, 0.15) is 11.9 Å². The summed E-state index contributed by atoms with van der Waals surface area (Å²) in [6.45, 7) is 2.57. The zero-order valence-electron chi connectivity index (χ0n) is 11.3. The summed E-state index contributed by atoms with van der Waals surface area (Å²) in [5.74, 6) is -0.323. The number of rotatable bonds is 6. The second kappa shape index (κ2) is 6.29. The molecule has 0 saturated heterocycles. The van der Waals surface area contributed by atoms with Crippen LogP contribution < -0.4 is 10.6 Å². The number of methoxy groups -OCH3 is 1. The summed E-state index contributed by atoms with van der Waals surface area (Å²) in [7, 11) is 1.56. The third kappa shape index (κ3) is 3.41. The number of fused-ring (bicyclic) bond motifs is 1. The summed E-state index contributed by atoms with van der Waals surface area (Å²) in [6, 6.07) is 2.31. The number of carbonyl (C=O) groups excluding carboxylic acids is 1. The molecule has 0 radical (unpaired) electrons. The fourth-order valence-electron chi connectivity index (χ4n) is 1.61. The normalized spacial score (nSPS) is 12.3. The Balaban J connectivity index is 1.98. The van der Waals surface area contributed by atoms with Crippen molar-refractivity contribution in [2.75, 3.05) is 25.6 Å². The van der Waals surface area contributed by atoms with E-state index >= 15 is 0 Å². The quantitative estimate of drug-likeness (QED) is 0.751. The molecule has 1 amide bonds. The Morgan fingerprint density at radius 2 is 2.35 bits per heavy atom. The number of carbonyl (C=O) groups is 1. The third-order valence-corrected chi connectivity index (χ3v) is 2.64. The van der Waals surface area contributed by atoms with Crippen LogP contribution in [0.4, 0.5) is 10.3 Å². The lowest BCUT2D eigenvalue weighted by molar-refractivity contribution is -0.121. The Kier molecular flexibility index (Phi) is 4.46. The molecule has 2 heterocycles. The van der Waals surface area contributed by atoms with Gasteiger partial charge in [0.05, 0.1) is 12.8 Å². The predicted molar refractivity (Wildman–Crippen MR) is 70.9 cm³/mol. The minimum atomic E-state index is -0.505. The van der Waals surface area contributed by atoms with Gasteiger partial charge in [0, 0.05) is 13.7 Å². The lowest BCUT2D eigenvalue weighted by atomic mass is 10.3. The summed E-state index contributed by atoms with van der Waals surface area (Å²) < 4.78 is 19.2. The van der Waals surface area contributed by atoms with E-state index in [1.807, 2.05) is 0 Å². The molecule has 2 aromatic rings. The van der Waals surface area contributed by atoms with Crippen molar-refractivity contribution in [3.63, 3.8) is 0 Å². The molecule has 0 bridgehead atoms. The molecule has 20 heavy (non-hydrogen) atoms. The number of pyridine rings is 1. The number of nitrogens with zero attached hydrogens (tertiary/aromatic N) is 3. The van der Waals surface area contributed by atoms with E-state index in [4.69, 9.17) is 4.74 Å². The first-order chi connectivity index (χ1) is 9.60. The van der Waals surface area contributed by atoms with Gasteiger partial charge in [0.2, 0.25) is 11.9 Å². The molecule has 0 spiro atoms. The summed E-state index contributed by atoms with van der Waals surface area (Å²) >= 11 is 0. The van der Waals surface area contributed by atoms with Gasteiger partial charge in [0.15, 0.2) is 5.65 Å². The Labute approximate surface area is 115 Å². The van der Waals surface area contributed by atoms with Crippen molar-refractivity contribution >= 4 is 17.5 Å².